The highest BCUT2D eigenvalue weighted by Crippen LogP contribution is 2.18. The van der Waals surface area contributed by atoms with Gasteiger partial charge in [-0.3, -0.25) is 9.79 Å². The van der Waals surface area contributed by atoms with Crippen LogP contribution in [0.3, 0.4) is 0 Å². The molecule has 1 aliphatic heterocycles. The number of likely N-dealkylation sites (tertiary alicyclic amines) is 1. The number of hydrogen-bond donors (Lipinski definition) is 1. The van der Waals surface area contributed by atoms with E-state index in [1.807, 2.05) is 6.92 Å². The number of ether oxygens (including phenoxy) is 1. The fourth-order valence-corrected chi connectivity index (χ4v) is 4.46. The predicted octanol–water partition coefficient (Wildman–Crippen LogP) is 2.32. The minimum absolute atomic E-state index is 0. The zero-order valence-corrected chi connectivity index (χ0v) is 19.6. The monoisotopic (exact) mass is 523 g/mol. The number of nitrogens with one attached hydrogen (secondary N) is 1. The lowest BCUT2D eigenvalue weighted by Gasteiger charge is -2.33. The normalized spacial score (nSPS) is 15.6. The maximum Gasteiger partial charge on any atom is 0.309 e. The Morgan fingerprint density at radius 3 is 2.46 bits per heavy atom. The molecular weight excluding hydrogens is 493 g/mol. The van der Waals surface area contributed by atoms with E-state index in [0.29, 0.717) is 24.5 Å². The number of carbonyl (C=O) groups excluding carboxylic acids is 1. The summed E-state index contributed by atoms with van der Waals surface area (Å²) in [5.41, 5.74) is 0. The molecule has 0 atom stereocenters. The summed E-state index contributed by atoms with van der Waals surface area (Å²) in [6.07, 6.45) is 1.97. The van der Waals surface area contributed by atoms with E-state index < -0.39 is 9.84 Å². The Morgan fingerprint density at radius 1 is 1.25 bits per heavy atom. The molecule has 158 valence electrons. The summed E-state index contributed by atoms with van der Waals surface area (Å²) < 4.78 is 29.7. The Hall–Kier alpha value is -1.36. The van der Waals surface area contributed by atoms with E-state index >= 15 is 0 Å². The molecular formula is C19H30IN3O4S. The number of hydrogen-bond acceptors (Lipinski definition) is 5. The molecule has 0 bridgehead atoms. The first-order valence-corrected chi connectivity index (χ1v) is 11.0. The third kappa shape index (κ3) is 7.23. The summed E-state index contributed by atoms with van der Waals surface area (Å²) >= 11 is 0. The van der Waals surface area contributed by atoms with Crippen molar-refractivity contribution in [2.45, 2.75) is 31.1 Å². The molecule has 7 nitrogen and oxygen atoms in total. The van der Waals surface area contributed by atoms with Gasteiger partial charge < -0.3 is 15.0 Å². The number of aliphatic imine (C=N–C) groups is 1. The highest BCUT2D eigenvalue weighted by Gasteiger charge is 2.27. The van der Waals surface area contributed by atoms with Crippen LogP contribution in [-0.4, -0.2) is 64.3 Å². The lowest BCUT2D eigenvalue weighted by atomic mass is 9.97. The molecule has 1 N–H and O–H groups in total. The van der Waals surface area contributed by atoms with E-state index in [9.17, 15) is 13.2 Å². The molecule has 0 unspecified atom stereocenters. The van der Waals surface area contributed by atoms with Crippen LogP contribution in [0.4, 0.5) is 0 Å². The van der Waals surface area contributed by atoms with Gasteiger partial charge in [0.25, 0.3) is 0 Å². The van der Waals surface area contributed by atoms with Crippen molar-refractivity contribution in [1.29, 1.82) is 0 Å². The van der Waals surface area contributed by atoms with E-state index in [0.717, 1.165) is 31.9 Å². The number of guanidine groups is 1. The molecule has 1 aromatic carbocycles. The molecule has 28 heavy (non-hydrogen) atoms. The van der Waals surface area contributed by atoms with Gasteiger partial charge in [0.2, 0.25) is 0 Å². The number of rotatable bonds is 7. The van der Waals surface area contributed by atoms with Crippen LogP contribution in [0.15, 0.2) is 40.2 Å². The largest absolute Gasteiger partial charge is 0.466 e. The molecule has 0 amide bonds. The average Bonchev–Trinajstić information content (AvgIpc) is 2.69. The van der Waals surface area contributed by atoms with Crippen molar-refractivity contribution in [1.82, 2.24) is 10.2 Å². The number of esters is 1. The highest BCUT2D eigenvalue weighted by molar-refractivity contribution is 14.0. The fraction of sp³-hybridized carbons (Fsp3) is 0.579. The molecule has 1 aromatic rings. The van der Waals surface area contributed by atoms with Gasteiger partial charge in [-0.15, -0.1) is 24.0 Å². The van der Waals surface area contributed by atoms with Crippen molar-refractivity contribution < 1.29 is 17.9 Å². The standard InChI is InChI=1S/C19H29N3O4S.HI/c1-3-26-18(23)16-10-13-22(14-11-16)19(20-2)21-12-7-15-27(24,25)17-8-5-4-6-9-17;/h4-6,8-9,16H,3,7,10-15H2,1-2H3,(H,20,21);1H. The number of nitrogens with zero attached hydrogens (tertiary/aromatic N) is 2. The van der Waals surface area contributed by atoms with Gasteiger partial charge in [-0.05, 0) is 38.3 Å². The van der Waals surface area contributed by atoms with Crippen LogP contribution in [0, 0.1) is 5.92 Å². The lowest BCUT2D eigenvalue weighted by Crippen LogP contribution is -2.47. The Morgan fingerprint density at radius 2 is 1.89 bits per heavy atom. The van der Waals surface area contributed by atoms with Gasteiger partial charge >= 0.3 is 5.97 Å². The van der Waals surface area contributed by atoms with E-state index in [2.05, 4.69) is 15.2 Å². The van der Waals surface area contributed by atoms with E-state index in [1.165, 1.54) is 0 Å². The van der Waals surface area contributed by atoms with Crippen LogP contribution in [0.5, 0.6) is 0 Å². The Labute approximate surface area is 184 Å². The SMILES string of the molecule is CCOC(=O)C1CCN(C(=NC)NCCCS(=O)(=O)c2ccccc2)CC1.I. The number of sulfone groups is 1. The van der Waals surface area contributed by atoms with Crippen molar-refractivity contribution in [3.63, 3.8) is 0 Å². The van der Waals surface area contributed by atoms with Crippen molar-refractivity contribution in [2.24, 2.45) is 10.9 Å². The molecule has 0 aliphatic carbocycles. The van der Waals surface area contributed by atoms with Gasteiger partial charge in [-0.2, -0.15) is 0 Å². The van der Waals surface area contributed by atoms with E-state index in [-0.39, 0.29) is 41.6 Å². The maximum absolute atomic E-state index is 12.3. The van der Waals surface area contributed by atoms with E-state index in [1.54, 1.807) is 37.4 Å². The number of benzene rings is 1. The molecule has 1 aliphatic rings. The van der Waals surface area contributed by atoms with Gasteiger partial charge in [0.05, 0.1) is 23.2 Å². The van der Waals surface area contributed by atoms with Crippen LogP contribution < -0.4 is 5.32 Å². The first-order valence-electron chi connectivity index (χ1n) is 9.38. The molecule has 0 saturated carbocycles. The Balaban J connectivity index is 0.00000392. The molecule has 1 heterocycles. The molecule has 9 heteroatoms. The maximum atomic E-state index is 12.3. The molecule has 0 aromatic heterocycles. The summed E-state index contributed by atoms with van der Waals surface area (Å²) in [7, 11) is -1.55. The smallest absolute Gasteiger partial charge is 0.309 e. The number of halogens is 1. The third-order valence-electron chi connectivity index (χ3n) is 4.60. The first-order chi connectivity index (χ1) is 13.0. The predicted molar refractivity (Wildman–Crippen MR) is 121 cm³/mol. The molecule has 2 rings (SSSR count). The Kier molecular flexibility index (Phi) is 10.8. The van der Waals surface area contributed by atoms with Gasteiger partial charge in [0.1, 0.15) is 0 Å². The third-order valence-corrected chi connectivity index (χ3v) is 6.42. The van der Waals surface area contributed by atoms with E-state index in [4.69, 9.17) is 4.74 Å². The molecule has 1 saturated heterocycles. The van der Waals surface area contributed by atoms with Crippen LogP contribution in [-0.2, 0) is 19.4 Å². The highest BCUT2D eigenvalue weighted by atomic mass is 127. The zero-order chi connectivity index (χ0) is 19.7. The minimum atomic E-state index is -3.26. The van der Waals surface area contributed by atoms with Crippen molar-refractivity contribution in [3.8, 4) is 0 Å². The second-order valence-corrected chi connectivity index (χ2v) is 8.58. The fourth-order valence-electron chi connectivity index (χ4n) is 3.13. The topological polar surface area (TPSA) is 88.1 Å². The van der Waals surface area contributed by atoms with Crippen molar-refractivity contribution in [3.05, 3.63) is 30.3 Å². The second-order valence-electron chi connectivity index (χ2n) is 6.47. The quantitative estimate of drug-likeness (QED) is 0.194. The van der Waals surface area contributed by atoms with Crippen molar-refractivity contribution in [2.75, 3.05) is 39.0 Å². The zero-order valence-electron chi connectivity index (χ0n) is 16.5. The molecule has 0 spiro atoms. The summed E-state index contributed by atoms with van der Waals surface area (Å²) in [6.45, 7) is 4.21. The first kappa shape index (κ1) is 24.7. The van der Waals surface area contributed by atoms with Crippen LogP contribution in [0.2, 0.25) is 0 Å². The molecule has 1 fully saturated rings. The van der Waals surface area contributed by atoms with Gasteiger partial charge in [0.15, 0.2) is 15.8 Å². The summed E-state index contributed by atoms with van der Waals surface area (Å²) in [5.74, 6) is 0.669. The minimum Gasteiger partial charge on any atom is -0.466 e. The summed E-state index contributed by atoms with van der Waals surface area (Å²) in [6, 6.07) is 8.50. The lowest BCUT2D eigenvalue weighted by molar-refractivity contribution is -0.149. The van der Waals surface area contributed by atoms with Gasteiger partial charge in [-0.25, -0.2) is 8.42 Å². The summed E-state index contributed by atoms with van der Waals surface area (Å²) in [5, 5.41) is 3.23. The number of carbonyl (C=O) groups is 1. The summed E-state index contributed by atoms with van der Waals surface area (Å²) in [4.78, 5) is 18.6. The van der Waals surface area contributed by atoms with Crippen LogP contribution in [0.25, 0.3) is 0 Å². The number of piperidine rings is 1. The molecule has 0 radical (unpaired) electrons. The van der Waals surface area contributed by atoms with Gasteiger partial charge in [0, 0.05) is 26.7 Å². The van der Waals surface area contributed by atoms with Crippen LogP contribution in [0.1, 0.15) is 26.2 Å². The average molecular weight is 523 g/mol. The van der Waals surface area contributed by atoms with Crippen LogP contribution >= 0.6 is 24.0 Å². The van der Waals surface area contributed by atoms with Gasteiger partial charge in [-0.1, -0.05) is 18.2 Å². The second kappa shape index (κ2) is 12.3. The Bertz CT molecular complexity index is 733. The van der Waals surface area contributed by atoms with Crippen molar-refractivity contribution >= 4 is 45.7 Å².